The molecule has 0 bridgehead atoms. The number of nitrogens with one attached hydrogen (secondary N) is 1. The predicted molar refractivity (Wildman–Crippen MR) is 69.7 cm³/mol. The molecule has 3 nitrogen and oxygen atoms in total. The fraction of sp³-hybridized carbons (Fsp3) is 0.273. The van der Waals surface area contributed by atoms with E-state index in [4.69, 9.17) is 29.6 Å². The van der Waals surface area contributed by atoms with E-state index >= 15 is 0 Å². The van der Waals surface area contributed by atoms with Crippen molar-refractivity contribution in [2.24, 2.45) is 11.7 Å². The van der Waals surface area contributed by atoms with E-state index in [1.165, 1.54) is 12.1 Å². The van der Waals surface area contributed by atoms with Crippen LogP contribution in [0.5, 0.6) is 0 Å². The Labute approximate surface area is 109 Å². The van der Waals surface area contributed by atoms with Crippen molar-refractivity contribution < 1.29 is 9.18 Å². The molecule has 0 saturated carbocycles. The lowest BCUT2D eigenvalue weighted by Gasteiger charge is -2.11. The summed E-state index contributed by atoms with van der Waals surface area (Å²) in [6, 6.07) is 3.88. The molecular formula is C11H12ClFN2OS. The van der Waals surface area contributed by atoms with Crippen LogP contribution in [0.1, 0.15) is 17.3 Å². The van der Waals surface area contributed by atoms with Gasteiger partial charge in [0.25, 0.3) is 5.91 Å². The number of nitrogens with two attached hydrogens (primary N) is 1. The summed E-state index contributed by atoms with van der Waals surface area (Å²) in [5, 5.41) is 2.80. The van der Waals surface area contributed by atoms with Crippen LogP contribution < -0.4 is 11.1 Å². The molecule has 0 heterocycles. The molecule has 0 saturated heterocycles. The summed E-state index contributed by atoms with van der Waals surface area (Å²) in [6.07, 6.45) is 0. The van der Waals surface area contributed by atoms with Crippen molar-refractivity contribution in [3.63, 3.8) is 0 Å². The van der Waals surface area contributed by atoms with E-state index in [9.17, 15) is 9.18 Å². The van der Waals surface area contributed by atoms with Crippen LogP contribution in [0.15, 0.2) is 18.2 Å². The molecule has 1 rings (SSSR count). The topological polar surface area (TPSA) is 55.1 Å². The van der Waals surface area contributed by atoms with Gasteiger partial charge in [-0.15, -0.1) is 0 Å². The average molecular weight is 275 g/mol. The van der Waals surface area contributed by atoms with Crippen LogP contribution in [0.4, 0.5) is 4.39 Å². The van der Waals surface area contributed by atoms with Crippen LogP contribution in [-0.4, -0.2) is 17.4 Å². The van der Waals surface area contributed by atoms with E-state index in [2.05, 4.69) is 5.32 Å². The zero-order valence-corrected chi connectivity index (χ0v) is 10.7. The highest BCUT2D eigenvalue weighted by atomic mass is 35.5. The highest BCUT2D eigenvalue weighted by molar-refractivity contribution is 7.80. The zero-order valence-electron chi connectivity index (χ0n) is 9.17. The number of amides is 1. The molecule has 1 unspecified atom stereocenters. The monoisotopic (exact) mass is 274 g/mol. The first-order valence-corrected chi connectivity index (χ1v) is 5.73. The molecule has 17 heavy (non-hydrogen) atoms. The second-order valence-corrected chi connectivity index (χ2v) is 4.55. The molecule has 0 radical (unpaired) electrons. The van der Waals surface area contributed by atoms with Crippen molar-refractivity contribution in [3.05, 3.63) is 34.6 Å². The Bertz CT molecular complexity index is 453. The first kappa shape index (κ1) is 13.9. The van der Waals surface area contributed by atoms with E-state index in [1.54, 1.807) is 6.92 Å². The average Bonchev–Trinajstić information content (AvgIpc) is 2.25. The molecule has 0 aromatic heterocycles. The minimum absolute atomic E-state index is 0.0514. The van der Waals surface area contributed by atoms with Gasteiger partial charge in [0, 0.05) is 17.5 Å². The van der Waals surface area contributed by atoms with Crippen molar-refractivity contribution in [3.8, 4) is 0 Å². The van der Waals surface area contributed by atoms with Gasteiger partial charge in [0.1, 0.15) is 5.82 Å². The van der Waals surface area contributed by atoms with Gasteiger partial charge >= 0.3 is 0 Å². The quantitative estimate of drug-likeness (QED) is 0.827. The van der Waals surface area contributed by atoms with E-state index in [1.807, 2.05) is 0 Å². The van der Waals surface area contributed by atoms with Crippen LogP contribution in [-0.2, 0) is 0 Å². The molecule has 1 atom stereocenters. The van der Waals surface area contributed by atoms with Gasteiger partial charge in [-0.05, 0) is 18.2 Å². The first-order chi connectivity index (χ1) is 7.91. The normalized spacial score (nSPS) is 11.9. The number of rotatable bonds is 4. The van der Waals surface area contributed by atoms with Crippen LogP contribution in [0.25, 0.3) is 0 Å². The number of halogens is 2. The lowest BCUT2D eigenvalue weighted by atomic mass is 10.1. The van der Waals surface area contributed by atoms with Crippen LogP contribution in [0.2, 0.25) is 5.02 Å². The van der Waals surface area contributed by atoms with Gasteiger partial charge in [0.2, 0.25) is 0 Å². The van der Waals surface area contributed by atoms with Gasteiger partial charge in [-0.3, -0.25) is 4.79 Å². The number of benzene rings is 1. The minimum atomic E-state index is -0.655. The Morgan fingerprint density at radius 3 is 2.82 bits per heavy atom. The molecule has 0 aliphatic carbocycles. The second-order valence-electron chi connectivity index (χ2n) is 3.64. The predicted octanol–water partition coefficient (Wildman–Crippen LogP) is 2.13. The third kappa shape index (κ3) is 3.94. The third-order valence-electron chi connectivity index (χ3n) is 2.23. The molecule has 0 fully saturated rings. The van der Waals surface area contributed by atoms with E-state index in [0.717, 1.165) is 6.07 Å². The van der Waals surface area contributed by atoms with Crippen molar-refractivity contribution in [1.29, 1.82) is 0 Å². The molecule has 6 heteroatoms. The second kappa shape index (κ2) is 5.93. The van der Waals surface area contributed by atoms with Gasteiger partial charge in [0.05, 0.1) is 10.6 Å². The Kier molecular flexibility index (Phi) is 4.84. The van der Waals surface area contributed by atoms with Crippen LogP contribution in [0, 0.1) is 11.7 Å². The van der Waals surface area contributed by atoms with Gasteiger partial charge in [-0.2, -0.15) is 0 Å². The maximum absolute atomic E-state index is 13.4. The summed E-state index contributed by atoms with van der Waals surface area (Å²) in [5.74, 6) is -1.30. The molecule has 3 N–H and O–H groups in total. The van der Waals surface area contributed by atoms with Crippen LogP contribution in [0.3, 0.4) is 0 Å². The number of carbonyl (C=O) groups is 1. The van der Waals surface area contributed by atoms with Crippen molar-refractivity contribution in [1.82, 2.24) is 5.32 Å². The standard InChI is InChI=1S/C11H12ClFN2OS/c1-6(10(14)17)5-15-11(16)8-3-2-7(12)4-9(8)13/h2-4,6H,5H2,1H3,(H2,14,17)(H,15,16). The summed E-state index contributed by atoms with van der Waals surface area (Å²) < 4.78 is 13.4. The Morgan fingerprint density at radius 2 is 2.29 bits per heavy atom. The smallest absolute Gasteiger partial charge is 0.254 e. The number of hydrogen-bond donors (Lipinski definition) is 2. The molecule has 1 aromatic carbocycles. The first-order valence-electron chi connectivity index (χ1n) is 4.94. The molecule has 1 aromatic rings. The Morgan fingerprint density at radius 1 is 1.65 bits per heavy atom. The SMILES string of the molecule is CC(CNC(=O)c1ccc(Cl)cc1F)C(N)=S. The van der Waals surface area contributed by atoms with E-state index in [-0.39, 0.29) is 23.0 Å². The highest BCUT2D eigenvalue weighted by Crippen LogP contribution is 2.14. The lowest BCUT2D eigenvalue weighted by Crippen LogP contribution is -2.34. The Balaban J connectivity index is 2.67. The van der Waals surface area contributed by atoms with Crippen molar-refractivity contribution >= 4 is 34.7 Å². The summed E-state index contributed by atoms with van der Waals surface area (Å²) in [4.78, 5) is 11.9. The third-order valence-corrected chi connectivity index (χ3v) is 2.87. The van der Waals surface area contributed by atoms with Gasteiger partial charge in [0.15, 0.2) is 0 Å². The lowest BCUT2D eigenvalue weighted by molar-refractivity contribution is 0.0947. The molecule has 0 aliphatic rings. The minimum Gasteiger partial charge on any atom is -0.393 e. The largest absolute Gasteiger partial charge is 0.393 e. The summed E-state index contributed by atoms with van der Waals surface area (Å²) in [7, 11) is 0. The molecule has 0 aliphatic heterocycles. The number of hydrogen-bond acceptors (Lipinski definition) is 2. The van der Waals surface area contributed by atoms with Gasteiger partial charge < -0.3 is 11.1 Å². The number of carbonyl (C=O) groups excluding carboxylic acids is 1. The molecular weight excluding hydrogens is 263 g/mol. The summed E-state index contributed by atoms with van der Waals surface area (Å²) in [6.45, 7) is 2.05. The highest BCUT2D eigenvalue weighted by Gasteiger charge is 2.13. The molecule has 92 valence electrons. The summed E-state index contributed by atoms with van der Waals surface area (Å²) >= 11 is 10.4. The van der Waals surface area contributed by atoms with E-state index < -0.39 is 11.7 Å². The molecule has 0 spiro atoms. The maximum atomic E-state index is 13.4. The Hall–Kier alpha value is -1.20. The summed E-state index contributed by atoms with van der Waals surface area (Å²) in [5.41, 5.74) is 5.35. The fourth-order valence-corrected chi connectivity index (χ4v) is 1.36. The maximum Gasteiger partial charge on any atom is 0.254 e. The van der Waals surface area contributed by atoms with Crippen LogP contribution >= 0.6 is 23.8 Å². The van der Waals surface area contributed by atoms with Gasteiger partial charge in [-0.1, -0.05) is 30.7 Å². The van der Waals surface area contributed by atoms with Crippen molar-refractivity contribution in [2.45, 2.75) is 6.92 Å². The fourth-order valence-electron chi connectivity index (χ4n) is 1.12. The number of thiocarbonyl (C=S) groups is 1. The van der Waals surface area contributed by atoms with Crippen molar-refractivity contribution in [2.75, 3.05) is 6.54 Å². The van der Waals surface area contributed by atoms with E-state index in [0.29, 0.717) is 4.99 Å². The zero-order chi connectivity index (χ0) is 13.0. The van der Waals surface area contributed by atoms with Gasteiger partial charge in [-0.25, -0.2) is 4.39 Å². The molecule has 1 amide bonds.